The fraction of sp³-hybridized carbons (Fsp3) is 1.00. The average molecular weight is 244 g/mol. The van der Waals surface area contributed by atoms with Crippen molar-refractivity contribution in [2.45, 2.75) is 23.2 Å². The Morgan fingerprint density at radius 1 is 1.22 bits per heavy atom. The zero-order valence-electron chi connectivity index (χ0n) is 5.39. The maximum Gasteiger partial charge on any atom is 0.0548 e. The van der Waals surface area contributed by atoms with E-state index >= 15 is 0 Å². The quantitative estimate of drug-likeness (QED) is 0.429. The van der Waals surface area contributed by atoms with Crippen molar-refractivity contribution < 1.29 is 10.2 Å². The second-order valence-electron chi connectivity index (χ2n) is 2.00. The van der Waals surface area contributed by atoms with Gasteiger partial charge in [-0.05, 0) is 12.8 Å². The minimum Gasteiger partial charge on any atom is -0.396 e. The highest BCUT2D eigenvalue weighted by Crippen LogP contribution is 2.08. The fourth-order valence-electron chi connectivity index (χ4n) is 0.569. The SMILES string of the molecule is OCCCCC(I)CO. The average Bonchev–Trinajstić information content (AvgIpc) is 1.89. The van der Waals surface area contributed by atoms with Gasteiger partial charge >= 0.3 is 0 Å². The summed E-state index contributed by atoms with van der Waals surface area (Å²) in [4.78, 5) is 0. The van der Waals surface area contributed by atoms with Crippen LogP contribution in [0.1, 0.15) is 19.3 Å². The van der Waals surface area contributed by atoms with Gasteiger partial charge in [0.05, 0.1) is 6.61 Å². The Morgan fingerprint density at radius 3 is 2.33 bits per heavy atom. The van der Waals surface area contributed by atoms with Gasteiger partial charge in [0.1, 0.15) is 0 Å². The zero-order valence-corrected chi connectivity index (χ0v) is 7.54. The van der Waals surface area contributed by atoms with E-state index in [0.717, 1.165) is 19.3 Å². The van der Waals surface area contributed by atoms with Crippen molar-refractivity contribution >= 4 is 22.6 Å². The molecule has 0 amide bonds. The first-order valence-electron chi connectivity index (χ1n) is 3.17. The zero-order chi connectivity index (χ0) is 7.11. The molecule has 0 aliphatic rings. The summed E-state index contributed by atoms with van der Waals surface area (Å²) in [5.74, 6) is 0. The molecule has 0 aliphatic heterocycles. The Balaban J connectivity index is 2.88. The van der Waals surface area contributed by atoms with Crippen molar-refractivity contribution in [3.63, 3.8) is 0 Å². The topological polar surface area (TPSA) is 40.5 Å². The van der Waals surface area contributed by atoms with E-state index in [1.54, 1.807) is 0 Å². The van der Waals surface area contributed by atoms with Crippen LogP contribution in [0.5, 0.6) is 0 Å². The smallest absolute Gasteiger partial charge is 0.0548 e. The molecule has 0 aromatic carbocycles. The standard InChI is InChI=1S/C6H13IO2/c7-6(5-9)3-1-2-4-8/h6,8-9H,1-5H2. The van der Waals surface area contributed by atoms with E-state index < -0.39 is 0 Å². The molecule has 3 heteroatoms. The van der Waals surface area contributed by atoms with Crippen LogP contribution in [0.4, 0.5) is 0 Å². The highest BCUT2D eigenvalue weighted by atomic mass is 127. The van der Waals surface area contributed by atoms with E-state index in [9.17, 15) is 0 Å². The highest BCUT2D eigenvalue weighted by molar-refractivity contribution is 14.1. The van der Waals surface area contributed by atoms with E-state index in [1.165, 1.54) is 0 Å². The lowest BCUT2D eigenvalue weighted by Gasteiger charge is -2.02. The number of hydrogen-bond acceptors (Lipinski definition) is 2. The molecule has 0 spiro atoms. The fourth-order valence-corrected chi connectivity index (χ4v) is 1.01. The third-order valence-corrected chi connectivity index (χ3v) is 2.14. The van der Waals surface area contributed by atoms with Crippen LogP contribution in [0.2, 0.25) is 0 Å². The molecule has 0 bridgehead atoms. The van der Waals surface area contributed by atoms with Crippen LogP contribution >= 0.6 is 22.6 Å². The third-order valence-electron chi connectivity index (χ3n) is 1.12. The maximum absolute atomic E-state index is 8.56. The first-order valence-corrected chi connectivity index (χ1v) is 4.41. The molecule has 0 heterocycles. The van der Waals surface area contributed by atoms with E-state index in [1.807, 2.05) is 0 Å². The molecule has 2 N–H and O–H groups in total. The van der Waals surface area contributed by atoms with Crippen molar-refractivity contribution in [3.8, 4) is 0 Å². The number of hydrogen-bond donors (Lipinski definition) is 2. The van der Waals surface area contributed by atoms with Gasteiger partial charge in [-0.25, -0.2) is 0 Å². The number of rotatable bonds is 5. The first-order chi connectivity index (χ1) is 4.31. The molecule has 1 atom stereocenters. The number of alkyl halides is 1. The minimum absolute atomic E-state index is 0.256. The van der Waals surface area contributed by atoms with Gasteiger partial charge in [0.15, 0.2) is 0 Å². The second kappa shape index (κ2) is 6.77. The lowest BCUT2D eigenvalue weighted by Crippen LogP contribution is -2.03. The molecule has 0 fully saturated rings. The predicted molar refractivity (Wildman–Crippen MR) is 45.8 cm³/mol. The van der Waals surface area contributed by atoms with Crippen molar-refractivity contribution in [2.75, 3.05) is 13.2 Å². The molecule has 0 radical (unpaired) electrons. The summed E-state index contributed by atoms with van der Waals surface area (Å²) in [5, 5.41) is 17.0. The monoisotopic (exact) mass is 244 g/mol. The minimum atomic E-state index is 0.256. The van der Waals surface area contributed by atoms with Crippen LogP contribution in [0.3, 0.4) is 0 Å². The van der Waals surface area contributed by atoms with Gasteiger partial charge in [0.25, 0.3) is 0 Å². The molecular formula is C6H13IO2. The van der Waals surface area contributed by atoms with Gasteiger partial charge in [-0.1, -0.05) is 29.0 Å². The molecular weight excluding hydrogens is 231 g/mol. The first kappa shape index (κ1) is 9.65. The van der Waals surface area contributed by atoms with Crippen LogP contribution < -0.4 is 0 Å². The highest BCUT2D eigenvalue weighted by Gasteiger charge is 1.99. The normalized spacial score (nSPS) is 13.7. The molecule has 56 valence electrons. The maximum atomic E-state index is 8.56. The van der Waals surface area contributed by atoms with E-state index in [4.69, 9.17) is 10.2 Å². The van der Waals surface area contributed by atoms with Crippen LogP contribution in [0.15, 0.2) is 0 Å². The Bertz CT molecular complexity index is 59.0. The Hall–Kier alpha value is 0.650. The number of unbranched alkanes of at least 4 members (excludes halogenated alkanes) is 1. The van der Waals surface area contributed by atoms with Gasteiger partial charge in [0.2, 0.25) is 0 Å². The van der Waals surface area contributed by atoms with Gasteiger partial charge in [-0.15, -0.1) is 0 Å². The van der Waals surface area contributed by atoms with Crippen molar-refractivity contribution in [1.82, 2.24) is 0 Å². The summed E-state index contributed by atoms with van der Waals surface area (Å²) in [6.07, 6.45) is 2.89. The van der Waals surface area contributed by atoms with Crippen molar-refractivity contribution in [2.24, 2.45) is 0 Å². The van der Waals surface area contributed by atoms with Crippen LogP contribution in [-0.4, -0.2) is 27.4 Å². The Morgan fingerprint density at radius 2 is 1.89 bits per heavy atom. The summed E-state index contributed by atoms with van der Waals surface area (Å²) >= 11 is 2.21. The van der Waals surface area contributed by atoms with Gasteiger partial charge < -0.3 is 10.2 Å². The van der Waals surface area contributed by atoms with Crippen LogP contribution in [0.25, 0.3) is 0 Å². The Kier molecular flexibility index (Phi) is 7.25. The molecule has 1 unspecified atom stereocenters. The summed E-state index contributed by atoms with van der Waals surface area (Å²) in [7, 11) is 0. The summed E-state index contributed by atoms with van der Waals surface area (Å²) in [6, 6.07) is 0. The van der Waals surface area contributed by atoms with Crippen LogP contribution in [0, 0.1) is 0 Å². The van der Waals surface area contributed by atoms with E-state index in [2.05, 4.69) is 22.6 Å². The third kappa shape index (κ3) is 6.54. The van der Waals surface area contributed by atoms with Crippen LogP contribution in [-0.2, 0) is 0 Å². The Labute approximate surface area is 69.4 Å². The van der Waals surface area contributed by atoms with Gasteiger partial charge in [-0.3, -0.25) is 0 Å². The number of aliphatic hydroxyl groups excluding tert-OH is 2. The molecule has 0 aliphatic carbocycles. The summed E-state index contributed by atoms with van der Waals surface area (Å²) in [5.41, 5.74) is 0. The number of halogens is 1. The lowest BCUT2D eigenvalue weighted by atomic mass is 10.2. The molecule has 9 heavy (non-hydrogen) atoms. The predicted octanol–water partition coefficient (Wildman–Crippen LogP) is 0.945. The molecule has 0 rings (SSSR count). The summed E-state index contributed by atoms with van der Waals surface area (Å²) < 4.78 is 0.370. The molecule has 0 saturated heterocycles. The molecule has 0 saturated carbocycles. The van der Waals surface area contributed by atoms with E-state index in [-0.39, 0.29) is 13.2 Å². The van der Waals surface area contributed by atoms with E-state index in [0.29, 0.717) is 3.92 Å². The summed E-state index contributed by atoms with van der Waals surface area (Å²) in [6.45, 7) is 0.529. The van der Waals surface area contributed by atoms with Gasteiger partial charge in [-0.2, -0.15) is 0 Å². The van der Waals surface area contributed by atoms with Crippen molar-refractivity contribution in [1.29, 1.82) is 0 Å². The molecule has 2 nitrogen and oxygen atoms in total. The molecule has 0 aromatic rings. The second-order valence-corrected chi connectivity index (χ2v) is 3.76. The largest absolute Gasteiger partial charge is 0.396 e. The molecule has 0 aromatic heterocycles. The number of aliphatic hydroxyl groups is 2. The van der Waals surface area contributed by atoms with Gasteiger partial charge in [0, 0.05) is 10.5 Å². The lowest BCUT2D eigenvalue weighted by molar-refractivity contribution is 0.271. The van der Waals surface area contributed by atoms with Crippen molar-refractivity contribution in [3.05, 3.63) is 0 Å².